The molecule has 1 fully saturated rings. The van der Waals surface area contributed by atoms with Crippen LogP contribution in [-0.4, -0.2) is 11.3 Å². The number of rotatable bonds is 4. The van der Waals surface area contributed by atoms with Crippen LogP contribution in [0.3, 0.4) is 0 Å². The fraction of sp³-hybridized carbons (Fsp3) is 0.688. The van der Waals surface area contributed by atoms with Crippen molar-refractivity contribution in [2.24, 2.45) is 5.92 Å². The van der Waals surface area contributed by atoms with E-state index < -0.39 is 0 Å². The maximum absolute atomic E-state index is 10.8. The van der Waals surface area contributed by atoms with E-state index in [0.717, 1.165) is 24.3 Å². The molecule has 1 saturated carbocycles. The fourth-order valence-electron chi connectivity index (χ4n) is 3.85. The maximum atomic E-state index is 10.8. The first-order valence-electron chi connectivity index (χ1n) is 7.54. The number of aromatic amines is 1. The molecule has 2 aliphatic carbocycles. The van der Waals surface area contributed by atoms with E-state index >= 15 is 0 Å². The summed E-state index contributed by atoms with van der Waals surface area (Å²) in [6.45, 7) is 0. The minimum Gasteiger partial charge on any atom is -0.356 e. The van der Waals surface area contributed by atoms with Gasteiger partial charge in [0.2, 0.25) is 0 Å². The Hall–Kier alpha value is -1.05. The Labute approximate surface area is 109 Å². The third-order valence-corrected chi connectivity index (χ3v) is 4.90. The van der Waals surface area contributed by atoms with Crippen molar-refractivity contribution in [3.63, 3.8) is 0 Å². The highest BCUT2D eigenvalue weighted by Crippen LogP contribution is 2.38. The van der Waals surface area contributed by atoms with Gasteiger partial charge in [0, 0.05) is 5.69 Å². The lowest BCUT2D eigenvalue weighted by molar-refractivity contribution is 0.111. The molecular formula is C16H23NO. The lowest BCUT2D eigenvalue weighted by atomic mass is 9.84. The molecule has 0 amide bonds. The summed E-state index contributed by atoms with van der Waals surface area (Å²) in [5.41, 5.74) is 3.53. The summed E-state index contributed by atoms with van der Waals surface area (Å²) in [6, 6.07) is 2.04. The van der Waals surface area contributed by atoms with Crippen LogP contribution < -0.4 is 0 Å². The van der Waals surface area contributed by atoms with Gasteiger partial charge in [-0.15, -0.1) is 0 Å². The highest BCUT2D eigenvalue weighted by molar-refractivity contribution is 5.73. The second-order valence-corrected chi connectivity index (χ2v) is 6.10. The zero-order valence-electron chi connectivity index (χ0n) is 11.1. The third kappa shape index (κ3) is 2.38. The van der Waals surface area contributed by atoms with Crippen molar-refractivity contribution in [2.75, 3.05) is 0 Å². The van der Waals surface area contributed by atoms with E-state index in [0.29, 0.717) is 5.92 Å². The van der Waals surface area contributed by atoms with Crippen LogP contribution in [0.4, 0.5) is 0 Å². The van der Waals surface area contributed by atoms with Crippen LogP contribution in [-0.2, 0) is 6.42 Å². The molecule has 3 rings (SSSR count). The number of hydrogen-bond acceptors (Lipinski definition) is 1. The summed E-state index contributed by atoms with van der Waals surface area (Å²) < 4.78 is 0. The van der Waals surface area contributed by atoms with Crippen LogP contribution in [0.25, 0.3) is 0 Å². The Morgan fingerprint density at radius 1 is 1.17 bits per heavy atom. The number of H-pyrrole nitrogens is 1. The van der Waals surface area contributed by atoms with E-state index in [2.05, 4.69) is 4.98 Å². The summed E-state index contributed by atoms with van der Waals surface area (Å²) in [5.74, 6) is 1.67. The third-order valence-electron chi connectivity index (χ3n) is 4.90. The number of nitrogens with one attached hydrogen (secondary N) is 1. The summed E-state index contributed by atoms with van der Waals surface area (Å²) in [4.78, 5) is 14.1. The van der Waals surface area contributed by atoms with Gasteiger partial charge in [-0.25, -0.2) is 0 Å². The maximum Gasteiger partial charge on any atom is 0.166 e. The van der Waals surface area contributed by atoms with E-state index in [1.807, 2.05) is 6.07 Å². The fourth-order valence-corrected chi connectivity index (χ4v) is 3.85. The van der Waals surface area contributed by atoms with Crippen LogP contribution in [0.1, 0.15) is 79.0 Å². The second kappa shape index (κ2) is 5.29. The van der Waals surface area contributed by atoms with Crippen molar-refractivity contribution in [3.05, 3.63) is 23.0 Å². The highest BCUT2D eigenvalue weighted by Gasteiger charge is 2.25. The molecule has 1 aromatic heterocycles. The first kappa shape index (κ1) is 12.0. The van der Waals surface area contributed by atoms with Crippen molar-refractivity contribution in [1.82, 2.24) is 4.98 Å². The summed E-state index contributed by atoms with van der Waals surface area (Å²) in [6.07, 6.45) is 13.3. The van der Waals surface area contributed by atoms with Crippen LogP contribution in [0, 0.1) is 5.92 Å². The number of carbonyl (C=O) groups excluding carboxylic acids is 1. The molecule has 0 aliphatic heterocycles. The molecule has 2 nitrogen and oxygen atoms in total. The Kier molecular flexibility index (Phi) is 3.53. The average Bonchev–Trinajstić information content (AvgIpc) is 2.97. The van der Waals surface area contributed by atoms with Gasteiger partial charge >= 0.3 is 0 Å². The zero-order chi connectivity index (χ0) is 12.4. The SMILES string of the molecule is O=Cc1cc2c([nH]1)[C@H](CCC1CCCCC1)CC2. The molecule has 1 heterocycles. The van der Waals surface area contributed by atoms with Gasteiger partial charge in [0.1, 0.15) is 0 Å². The first-order chi connectivity index (χ1) is 8.86. The smallest absolute Gasteiger partial charge is 0.166 e. The predicted molar refractivity (Wildman–Crippen MR) is 73.1 cm³/mol. The normalized spacial score (nSPS) is 24.1. The van der Waals surface area contributed by atoms with Gasteiger partial charge in [-0.3, -0.25) is 4.79 Å². The molecule has 0 radical (unpaired) electrons. The highest BCUT2D eigenvalue weighted by atomic mass is 16.1. The van der Waals surface area contributed by atoms with Crippen LogP contribution in [0.15, 0.2) is 6.07 Å². The largest absolute Gasteiger partial charge is 0.356 e. The molecule has 2 heteroatoms. The molecule has 0 bridgehead atoms. The minimum atomic E-state index is 0.690. The average molecular weight is 245 g/mol. The number of carbonyl (C=O) groups is 1. The van der Waals surface area contributed by atoms with E-state index in [1.54, 1.807) is 0 Å². The van der Waals surface area contributed by atoms with Crippen LogP contribution in [0.5, 0.6) is 0 Å². The standard InChI is InChI=1S/C16H23NO/c18-11-15-10-14-9-8-13(16(14)17-15)7-6-12-4-2-1-3-5-12/h10-13,17H,1-9H2/t13-/m1/s1. The van der Waals surface area contributed by atoms with E-state index in [4.69, 9.17) is 0 Å². The predicted octanol–water partition coefficient (Wildman–Crippen LogP) is 4.22. The first-order valence-corrected chi connectivity index (χ1v) is 7.54. The molecule has 0 saturated heterocycles. The lowest BCUT2D eigenvalue weighted by Gasteiger charge is -2.22. The molecule has 0 aromatic carbocycles. The van der Waals surface area contributed by atoms with Crippen LogP contribution in [0.2, 0.25) is 0 Å². The molecule has 98 valence electrons. The van der Waals surface area contributed by atoms with Crippen molar-refractivity contribution in [2.45, 2.75) is 63.7 Å². The number of aryl methyl sites for hydroxylation is 1. The summed E-state index contributed by atoms with van der Waals surface area (Å²) >= 11 is 0. The Morgan fingerprint density at radius 3 is 2.78 bits per heavy atom. The van der Waals surface area contributed by atoms with Gasteiger partial charge in [0.25, 0.3) is 0 Å². The number of hydrogen-bond donors (Lipinski definition) is 1. The molecule has 0 unspecified atom stereocenters. The van der Waals surface area contributed by atoms with E-state index in [1.165, 1.54) is 62.6 Å². The second-order valence-electron chi connectivity index (χ2n) is 6.10. The number of aromatic nitrogens is 1. The summed E-state index contributed by atoms with van der Waals surface area (Å²) in [7, 11) is 0. The van der Waals surface area contributed by atoms with Crippen molar-refractivity contribution in [1.29, 1.82) is 0 Å². The Balaban J connectivity index is 1.58. The van der Waals surface area contributed by atoms with Crippen molar-refractivity contribution in [3.8, 4) is 0 Å². The van der Waals surface area contributed by atoms with Gasteiger partial charge in [-0.05, 0) is 49.1 Å². The van der Waals surface area contributed by atoms with Crippen LogP contribution >= 0.6 is 0 Å². The minimum absolute atomic E-state index is 0.690. The molecule has 1 atom stereocenters. The van der Waals surface area contributed by atoms with E-state index in [9.17, 15) is 4.79 Å². The molecule has 1 N–H and O–H groups in total. The van der Waals surface area contributed by atoms with Crippen molar-refractivity contribution < 1.29 is 4.79 Å². The summed E-state index contributed by atoms with van der Waals surface area (Å²) in [5, 5.41) is 0. The lowest BCUT2D eigenvalue weighted by Crippen LogP contribution is -2.08. The molecule has 1 aromatic rings. The molecule has 18 heavy (non-hydrogen) atoms. The molecule has 2 aliphatic rings. The Morgan fingerprint density at radius 2 is 2.00 bits per heavy atom. The van der Waals surface area contributed by atoms with Crippen molar-refractivity contribution >= 4 is 6.29 Å². The topological polar surface area (TPSA) is 32.9 Å². The zero-order valence-corrected chi connectivity index (χ0v) is 11.1. The van der Waals surface area contributed by atoms with Gasteiger partial charge in [0.05, 0.1) is 5.69 Å². The Bertz CT molecular complexity index is 415. The molecular weight excluding hydrogens is 222 g/mol. The van der Waals surface area contributed by atoms with Gasteiger partial charge in [-0.2, -0.15) is 0 Å². The van der Waals surface area contributed by atoms with Gasteiger partial charge in [-0.1, -0.05) is 32.1 Å². The molecule has 0 spiro atoms. The number of fused-ring (bicyclic) bond motifs is 1. The van der Waals surface area contributed by atoms with Gasteiger partial charge in [0.15, 0.2) is 6.29 Å². The quantitative estimate of drug-likeness (QED) is 0.792. The monoisotopic (exact) mass is 245 g/mol. The van der Waals surface area contributed by atoms with Gasteiger partial charge < -0.3 is 4.98 Å². The van der Waals surface area contributed by atoms with E-state index in [-0.39, 0.29) is 0 Å². The number of aldehydes is 1.